The van der Waals surface area contributed by atoms with Crippen LogP contribution in [0.1, 0.15) is 18.4 Å². The number of hydrogen-bond donors (Lipinski definition) is 2. The van der Waals surface area contributed by atoms with Crippen LogP contribution < -0.4 is 10.1 Å². The van der Waals surface area contributed by atoms with Crippen molar-refractivity contribution in [1.82, 2.24) is 5.32 Å². The largest absolute Gasteiger partial charge is 0.478 e. The molecule has 2 aromatic rings. The van der Waals surface area contributed by atoms with E-state index in [9.17, 15) is 19.1 Å². The molecule has 0 aliphatic heterocycles. The Morgan fingerprint density at radius 2 is 1.85 bits per heavy atom. The van der Waals surface area contributed by atoms with Crippen molar-refractivity contribution in [1.29, 1.82) is 0 Å². The van der Waals surface area contributed by atoms with E-state index in [0.29, 0.717) is 11.4 Å². The molecule has 0 saturated heterocycles. The molecular weight excluding hydrogens is 373 g/mol. The summed E-state index contributed by atoms with van der Waals surface area (Å²) < 4.78 is 18.3. The molecule has 0 radical (unpaired) electrons. The molecule has 7 heteroatoms. The first-order valence-electron chi connectivity index (χ1n) is 8.56. The molecule has 1 aliphatic rings. The van der Waals surface area contributed by atoms with Crippen LogP contribution in [-0.2, 0) is 16.0 Å². The third kappa shape index (κ3) is 4.77. The van der Waals surface area contributed by atoms with Crippen LogP contribution in [0.3, 0.4) is 0 Å². The van der Waals surface area contributed by atoms with Gasteiger partial charge in [0.05, 0.1) is 12.0 Å². The van der Waals surface area contributed by atoms with Crippen molar-refractivity contribution in [2.24, 2.45) is 5.41 Å². The fourth-order valence-electron chi connectivity index (χ4n) is 2.87. The van der Waals surface area contributed by atoms with Crippen LogP contribution in [0, 0.1) is 11.2 Å². The third-order valence-electron chi connectivity index (χ3n) is 4.64. The molecule has 1 aliphatic carbocycles. The van der Waals surface area contributed by atoms with Crippen molar-refractivity contribution >= 4 is 23.5 Å². The van der Waals surface area contributed by atoms with Gasteiger partial charge in [-0.15, -0.1) is 0 Å². The number of carbonyl (C=O) groups is 2. The molecule has 0 bridgehead atoms. The highest BCUT2D eigenvalue weighted by Gasteiger charge is 2.49. The van der Waals surface area contributed by atoms with Gasteiger partial charge in [-0.1, -0.05) is 29.8 Å². The van der Waals surface area contributed by atoms with E-state index in [1.54, 1.807) is 6.07 Å². The molecule has 1 atom stereocenters. The maximum atomic E-state index is 12.9. The van der Waals surface area contributed by atoms with Gasteiger partial charge in [0.2, 0.25) is 12.0 Å². The van der Waals surface area contributed by atoms with E-state index in [1.807, 2.05) is 18.2 Å². The number of carbonyl (C=O) groups excluding carboxylic acids is 1. The number of benzene rings is 2. The van der Waals surface area contributed by atoms with E-state index >= 15 is 0 Å². The summed E-state index contributed by atoms with van der Waals surface area (Å²) in [7, 11) is 0. The number of nitrogens with one attached hydrogen (secondary N) is 1. The number of halogens is 2. The quantitative estimate of drug-likeness (QED) is 0.722. The predicted molar refractivity (Wildman–Crippen MR) is 98.3 cm³/mol. The molecule has 3 rings (SSSR count). The number of carboxylic acids is 1. The number of ether oxygens (including phenoxy) is 1. The van der Waals surface area contributed by atoms with Crippen molar-refractivity contribution in [3.63, 3.8) is 0 Å². The summed E-state index contributed by atoms with van der Waals surface area (Å²) in [6.45, 7) is -0.185. The second-order valence-electron chi connectivity index (χ2n) is 6.66. The van der Waals surface area contributed by atoms with E-state index in [4.69, 9.17) is 16.3 Å². The number of rotatable bonds is 8. The lowest BCUT2D eigenvalue weighted by atomic mass is 9.95. The minimum Gasteiger partial charge on any atom is -0.478 e. The van der Waals surface area contributed by atoms with Gasteiger partial charge < -0.3 is 15.2 Å². The second kappa shape index (κ2) is 7.96. The monoisotopic (exact) mass is 391 g/mol. The molecule has 5 nitrogen and oxygen atoms in total. The minimum atomic E-state index is -1.27. The zero-order chi connectivity index (χ0) is 19.4. The first kappa shape index (κ1) is 19.2. The molecular formula is C20H19ClFNO4. The Hall–Kier alpha value is -2.60. The number of hydrogen-bond acceptors (Lipinski definition) is 3. The Kier molecular flexibility index (Phi) is 5.65. The lowest BCUT2D eigenvalue weighted by Gasteiger charge is -2.19. The van der Waals surface area contributed by atoms with Crippen molar-refractivity contribution in [3.05, 3.63) is 64.9 Å². The normalized spacial score (nSPS) is 15.6. The summed E-state index contributed by atoms with van der Waals surface area (Å²) in [5.41, 5.74) is 0.341. The van der Waals surface area contributed by atoms with Gasteiger partial charge in [0.15, 0.2) is 0 Å². The van der Waals surface area contributed by atoms with Gasteiger partial charge in [-0.05, 0) is 55.2 Å². The van der Waals surface area contributed by atoms with Crippen molar-refractivity contribution in [2.75, 3.05) is 6.54 Å². The number of carboxylic acid groups (broad SMARTS) is 1. The van der Waals surface area contributed by atoms with E-state index < -0.39 is 23.3 Å². The van der Waals surface area contributed by atoms with Gasteiger partial charge in [-0.25, -0.2) is 9.18 Å². The van der Waals surface area contributed by atoms with Crippen LogP contribution in [-0.4, -0.2) is 29.6 Å². The first-order valence-corrected chi connectivity index (χ1v) is 8.94. The summed E-state index contributed by atoms with van der Waals surface area (Å²) >= 11 is 6.18. The van der Waals surface area contributed by atoms with Gasteiger partial charge in [0.25, 0.3) is 0 Å². The highest BCUT2D eigenvalue weighted by molar-refractivity contribution is 6.31. The highest BCUT2D eigenvalue weighted by Crippen LogP contribution is 2.49. The second-order valence-corrected chi connectivity index (χ2v) is 7.06. The SMILES string of the molecule is O=C(O)C(CNC(=O)C1(Cc2ccccc2Cl)CC1)Oc1ccc(F)cc1. The van der Waals surface area contributed by atoms with Crippen molar-refractivity contribution in [3.8, 4) is 5.75 Å². The van der Waals surface area contributed by atoms with E-state index in [1.165, 1.54) is 24.3 Å². The average Bonchev–Trinajstić information content (AvgIpc) is 3.42. The van der Waals surface area contributed by atoms with Gasteiger partial charge in [-0.3, -0.25) is 4.79 Å². The summed E-state index contributed by atoms with van der Waals surface area (Å²) in [5.74, 6) is -1.65. The van der Waals surface area contributed by atoms with Crippen LogP contribution in [0.5, 0.6) is 5.75 Å². The maximum Gasteiger partial charge on any atom is 0.346 e. The molecule has 0 spiro atoms. The average molecular weight is 392 g/mol. The number of amides is 1. The molecule has 1 unspecified atom stereocenters. The van der Waals surface area contributed by atoms with Crippen LogP contribution in [0.4, 0.5) is 4.39 Å². The number of aliphatic carboxylic acids is 1. The smallest absolute Gasteiger partial charge is 0.346 e. The first-order chi connectivity index (χ1) is 12.9. The van der Waals surface area contributed by atoms with E-state index in [-0.39, 0.29) is 18.2 Å². The topological polar surface area (TPSA) is 75.6 Å². The fourth-order valence-corrected chi connectivity index (χ4v) is 3.07. The molecule has 0 heterocycles. The van der Waals surface area contributed by atoms with Gasteiger partial charge >= 0.3 is 5.97 Å². The Balaban J connectivity index is 1.60. The minimum absolute atomic E-state index is 0.185. The fraction of sp³-hybridized carbons (Fsp3) is 0.300. The Labute approximate surface area is 161 Å². The van der Waals surface area contributed by atoms with Crippen LogP contribution in [0.2, 0.25) is 5.02 Å². The molecule has 27 heavy (non-hydrogen) atoms. The highest BCUT2D eigenvalue weighted by atomic mass is 35.5. The summed E-state index contributed by atoms with van der Waals surface area (Å²) in [4.78, 5) is 24.0. The zero-order valence-corrected chi connectivity index (χ0v) is 15.2. The predicted octanol–water partition coefficient (Wildman–Crippen LogP) is 3.45. The molecule has 1 fully saturated rings. The lowest BCUT2D eigenvalue weighted by molar-refractivity contribution is -0.145. The van der Waals surface area contributed by atoms with Gasteiger partial charge in [0.1, 0.15) is 11.6 Å². The maximum absolute atomic E-state index is 12.9. The van der Waals surface area contributed by atoms with E-state index in [0.717, 1.165) is 18.4 Å². The van der Waals surface area contributed by atoms with Crippen LogP contribution in [0.25, 0.3) is 0 Å². The third-order valence-corrected chi connectivity index (χ3v) is 5.01. The molecule has 2 aromatic carbocycles. The van der Waals surface area contributed by atoms with Crippen LogP contribution in [0.15, 0.2) is 48.5 Å². The van der Waals surface area contributed by atoms with Crippen LogP contribution >= 0.6 is 11.6 Å². The summed E-state index contributed by atoms with van der Waals surface area (Å²) in [6.07, 6.45) is 0.687. The lowest BCUT2D eigenvalue weighted by Crippen LogP contribution is -2.43. The molecule has 142 valence electrons. The Morgan fingerprint density at radius 1 is 1.19 bits per heavy atom. The molecule has 1 saturated carbocycles. The van der Waals surface area contributed by atoms with Gasteiger partial charge in [0, 0.05) is 5.02 Å². The molecule has 1 amide bonds. The Bertz CT molecular complexity index is 836. The van der Waals surface area contributed by atoms with Crippen molar-refractivity contribution < 1.29 is 23.8 Å². The molecule has 2 N–H and O–H groups in total. The van der Waals surface area contributed by atoms with Gasteiger partial charge in [-0.2, -0.15) is 0 Å². The zero-order valence-electron chi connectivity index (χ0n) is 14.5. The van der Waals surface area contributed by atoms with Crippen molar-refractivity contribution in [2.45, 2.75) is 25.4 Å². The summed E-state index contributed by atoms with van der Waals surface area (Å²) in [6, 6.07) is 12.4. The van der Waals surface area contributed by atoms with E-state index in [2.05, 4.69) is 5.32 Å². The summed E-state index contributed by atoms with van der Waals surface area (Å²) in [5, 5.41) is 12.6. The standard InChI is InChI=1S/C20H19ClFNO4/c21-16-4-2-1-3-13(16)11-20(9-10-20)19(26)23-12-17(18(24)25)27-15-7-5-14(22)6-8-15/h1-8,17H,9-12H2,(H,23,26)(H,24,25). The Morgan fingerprint density at radius 3 is 2.44 bits per heavy atom. The molecule has 0 aromatic heterocycles.